The molecule has 1 atom stereocenters. The molecular weight excluding hydrogens is 765 g/mol. The van der Waals surface area contributed by atoms with Crippen molar-refractivity contribution in [2.45, 2.75) is 309 Å². The highest BCUT2D eigenvalue weighted by Crippen LogP contribution is 2.16. The molecule has 0 aromatic heterocycles. The van der Waals surface area contributed by atoms with Gasteiger partial charge in [0.1, 0.15) is 19.3 Å². The van der Waals surface area contributed by atoms with Crippen molar-refractivity contribution < 1.29 is 23.8 Å². The zero-order chi connectivity index (χ0) is 44.9. The first-order valence-electron chi connectivity index (χ1n) is 27.9. The Hall–Kier alpha value is -1.62. The van der Waals surface area contributed by atoms with Crippen LogP contribution in [0.3, 0.4) is 0 Å². The quantitative estimate of drug-likeness (QED) is 0.0346. The van der Waals surface area contributed by atoms with E-state index in [1.54, 1.807) is 0 Å². The van der Waals surface area contributed by atoms with Gasteiger partial charge in [0.2, 0.25) is 0 Å². The highest BCUT2D eigenvalue weighted by molar-refractivity contribution is 5.69. The monoisotopic (exact) mass is 873 g/mol. The molecule has 5 heteroatoms. The molecule has 0 amide bonds. The number of hydrogen-bond donors (Lipinski definition) is 0. The van der Waals surface area contributed by atoms with E-state index in [2.05, 4.69) is 45.1 Å². The van der Waals surface area contributed by atoms with Crippen LogP contribution < -0.4 is 0 Å². The first kappa shape index (κ1) is 60.4. The van der Waals surface area contributed by atoms with Crippen LogP contribution in [0.2, 0.25) is 0 Å². The Balaban J connectivity index is 4.23. The lowest BCUT2D eigenvalue weighted by molar-refractivity contribution is -0.155. The maximum Gasteiger partial charge on any atom is 0.305 e. The molecule has 0 saturated carbocycles. The average Bonchev–Trinajstić information content (AvgIpc) is 3.28. The van der Waals surface area contributed by atoms with E-state index in [0.717, 1.165) is 57.8 Å². The fraction of sp³-hybridized carbons (Fsp3) is 0.895. The van der Waals surface area contributed by atoms with E-state index < -0.39 is 6.10 Å². The number of carbonyl (C=O) groups excluding carboxylic acids is 2. The zero-order valence-electron chi connectivity index (χ0n) is 42.2. The lowest BCUT2D eigenvalue weighted by Crippen LogP contribution is -2.29. The molecule has 0 aliphatic heterocycles. The molecule has 0 aromatic rings. The van der Waals surface area contributed by atoms with Crippen LogP contribution in [-0.4, -0.2) is 37.9 Å². The Labute approximate surface area is 387 Å². The van der Waals surface area contributed by atoms with E-state index >= 15 is 0 Å². The first-order valence-corrected chi connectivity index (χ1v) is 27.9. The summed E-state index contributed by atoms with van der Waals surface area (Å²) in [7, 11) is 0. The van der Waals surface area contributed by atoms with Gasteiger partial charge in [-0.1, -0.05) is 263 Å². The van der Waals surface area contributed by atoms with Crippen molar-refractivity contribution >= 4 is 11.9 Å². The molecule has 0 aliphatic rings. The van der Waals surface area contributed by atoms with Gasteiger partial charge in [0, 0.05) is 19.4 Å². The number of esters is 2. The second-order valence-electron chi connectivity index (χ2n) is 18.8. The zero-order valence-corrected chi connectivity index (χ0v) is 42.2. The summed E-state index contributed by atoms with van der Waals surface area (Å²) in [6.07, 6.45) is 63.5. The number of rotatable bonds is 52. The van der Waals surface area contributed by atoms with Crippen LogP contribution in [0.1, 0.15) is 303 Å². The molecule has 0 unspecified atom stereocenters. The Kier molecular flexibility index (Phi) is 52.3. The van der Waals surface area contributed by atoms with Crippen LogP contribution in [0, 0.1) is 0 Å². The Bertz CT molecular complexity index is 943. The summed E-state index contributed by atoms with van der Waals surface area (Å²) < 4.78 is 17.5. The number of carbonyl (C=O) groups is 2. The minimum absolute atomic E-state index is 0.157. The third kappa shape index (κ3) is 51.0. The van der Waals surface area contributed by atoms with Crippen molar-refractivity contribution in [3.8, 4) is 0 Å². The van der Waals surface area contributed by atoms with E-state index in [4.69, 9.17) is 14.2 Å². The molecule has 0 aromatic carbocycles. The number of hydrogen-bond acceptors (Lipinski definition) is 5. The van der Waals surface area contributed by atoms with Crippen molar-refractivity contribution in [1.29, 1.82) is 0 Å². The molecule has 0 spiro atoms. The lowest BCUT2D eigenvalue weighted by Gasteiger charge is -2.18. The van der Waals surface area contributed by atoms with Crippen LogP contribution in [0.4, 0.5) is 0 Å². The molecule has 62 heavy (non-hydrogen) atoms. The summed E-state index contributed by atoms with van der Waals surface area (Å²) in [6, 6.07) is 0. The first-order chi connectivity index (χ1) is 30.6. The largest absolute Gasteiger partial charge is 0.463 e. The third-order valence-electron chi connectivity index (χ3n) is 12.5. The summed E-state index contributed by atoms with van der Waals surface area (Å²) in [5.41, 5.74) is 0. The number of unbranched alkanes of at least 4 members (excludes halogenated alkanes) is 37. The minimum atomic E-state index is -0.398. The third-order valence-corrected chi connectivity index (χ3v) is 12.5. The van der Waals surface area contributed by atoms with Crippen molar-refractivity contribution in [1.82, 2.24) is 0 Å². The van der Waals surface area contributed by atoms with Gasteiger partial charge in [0.25, 0.3) is 0 Å². The van der Waals surface area contributed by atoms with Crippen molar-refractivity contribution in [3.63, 3.8) is 0 Å². The van der Waals surface area contributed by atoms with Gasteiger partial charge in [-0.15, -0.1) is 0 Å². The summed E-state index contributed by atoms with van der Waals surface area (Å²) >= 11 is 0. The molecule has 0 radical (unpaired) electrons. The molecule has 0 rings (SSSR count). The van der Waals surface area contributed by atoms with Gasteiger partial charge in [-0.25, -0.2) is 0 Å². The van der Waals surface area contributed by atoms with Crippen LogP contribution in [0.25, 0.3) is 0 Å². The second-order valence-corrected chi connectivity index (χ2v) is 18.8. The van der Waals surface area contributed by atoms with Gasteiger partial charge >= 0.3 is 11.9 Å². The molecule has 0 heterocycles. The molecule has 5 nitrogen and oxygen atoms in total. The van der Waals surface area contributed by atoms with Crippen molar-refractivity contribution in [3.05, 3.63) is 24.3 Å². The van der Waals surface area contributed by atoms with Crippen molar-refractivity contribution in [2.24, 2.45) is 0 Å². The molecule has 0 saturated heterocycles. The summed E-state index contributed by atoms with van der Waals surface area (Å²) in [5.74, 6) is -0.331. The van der Waals surface area contributed by atoms with Gasteiger partial charge in [0.05, 0.1) is 0 Å². The van der Waals surface area contributed by atoms with Crippen LogP contribution >= 0.6 is 0 Å². The Morgan fingerprint density at radius 2 is 0.613 bits per heavy atom. The molecule has 0 N–H and O–H groups in total. The van der Waals surface area contributed by atoms with E-state index in [9.17, 15) is 9.59 Å². The molecule has 366 valence electrons. The average molecular weight is 873 g/mol. The second kappa shape index (κ2) is 53.7. The van der Waals surface area contributed by atoms with Gasteiger partial charge < -0.3 is 14.2 Å². The van der Waals surface area contributed by atoms with Crippen LogP contribution in [0.15, 0.2) is 24.3 Å². The maximum absolute atomic E-state index is 12.6. The van der Waals surface area contributed by atoms with Crippen LogP contribution in [0.5, 0.6) is 0 Å². The smallest absolute Gasteiger partial charge is 0.305 e. The highest BCUT2D eigenvalue weighted by atomic mass is 16.6. The minimum Gasteiger partial charge on any atom is -0.463 e. The van der Waals surface area contributed by atoms with Gasteiger partial charge in [-0.3, -0.25) is 9.59 Å². The fourth-order valence-electron chi connectivity index (χ4n) is 8.28. The van der Waals surface area contributed by atoms with E-state index in [1.165, 1.54) is 212 Å². The maximum atomic E-state index is 12.6. The number of allylic oxidation sites excluding steroid dienone is 4. The van der Waals surface area contributed by atoms with E-state index in [-0.39, 0.29) is 25.2 Å². The molecule has 0 fully saturated rings. The summed E-state index contributed by atoms with van der Waals surface area (Å²) in [4.78, 5) is 25.2. The van der Waals surface area contributed by atoms with Crippen LogP contribution in [-0.2, 0) is 23.8 Å². The Morgan fingerprint density at radius 3 is 0.968 bits per heavy atom. The van der Waals surface area contributed by atoms with E-state index in [0.29, 0.717) is 19.4 Å². The summed E-state index contributed by atoms with van der Waals surface area (Å²) in [6.45, 7) is 7.75. The highest BCUT2D eigenvalue weighted by Gasteiger charge is 2.16. The molecule has 0 aliphatic carbocycles. The predicted molar refractivity (Wildman–Crippen MR) is 270 cm³/mol. The molecular formula is C57H108O5. The van der Waals surface area contributed by atoms with Gasteiger partial charge in [-0.05, 0) is 51.4 Å². The summed E-state index contributed by atoms with van der Waals surface area (Å²) in [5, 5.41) is 0. The van der Waals surface area contributed by atoms with E-state index in [1.807, 2.05) is 0 Å². The fourth-order valence-corrected chi connectivity index (χ4v) is 8.28. The Morgan fingerprint density at radius 1 is 0.339 bits per heavy atom. The van der Waals surface area contributed by atoms with Crippen molar-refractivity contribution in [2.75, 3.05) is 19.8 Å². The topological polar surface area (TPSA) is 61.8 Å². The van der Waals surface area contributed by atoms with Gasteiger partial charge in [0.15, 0.2) is 0 Å². The molecule has 0 bridgehead atoms. The lowest BCUT2D eigenvalue weighted by atomic mass is 10.0. The normalized spacial score (nSPS) is 12.2. The predicted octanol–water partition coefficient (Wildman–Crippen LogP) is 18.8. The number of ether oxygens (including phenoxy) is 3. The standard InChI is InChI=1S/C57H108O5/c1-4-7-10-13-16-19-22-25-28-31-34-37-40-43-46-49-52-60-55(53-61-56(58)50-47-44-41-38-35-32-29-26-23-20-17-14-11-8-5-2)54-62-57(59)51-48-45-42-39-36-33-30-27-24-21-18-15-12-9-6-3/h17,20,26,29,55H,4-16,18-19,21-25,27-28,30-54H2,1-3H3/b20-17-,29-26-/t55-/m1/s1. The van der Waals surface area contributed by atoms with Gasteiger partial charge in [-0.2, -0.15) is 0 Å². The SMILES string of the molecule is CCCCC/C=C\C/C=C\CCCCCCCC(=O)OC[C@H](COC(=O)CCCCCCCCCCCCCCCCC)OCCCCCCCCCCCCCCCCCC.